The highest BCUT2D eigenvalue weighted by Crippen LogP contribution is 2.19. The third kappa shape index (κ3) is 5.81. The molecule has 1 fully saturated rings. The summed E-state index contributed by atoms with van der Waals surface area (Å²) in [6, 6.07) is 10.6. The molecule has 1 atom stereocenters. The largest absolute Gasteiger partial charge is 0.390 e. The number of aliphatic hydroxyl groups is 1. The fourth-order valence-corrected chi connectivity index (χ4v) is 4.28. The summed E-state index contributed by atoms with van der Waals surface area (Å²) in [5.41, 5.74) is 4.11. The first kappa shape index (κ1) is 21.7. The average Bonchev–Trinajstić information content (AvgIpc) is 2.79. The van der Waals surface area contributed by atoms with Gasteiger partial charge in [-0.25, -0.2) is 4.98 Å². The number of rotatable bonds is 7. The highest BCUT2D eigenvalue weighted by Gasteiger charge is 2.20. The van der Waals surface area contributed by atoms with Crippen LogP contribution in [0.2, 0.25) is 0 Å². The summed E-state index contributed by atoms with van der Waals surface area (Å²) in [6.45, 7) is 5.90. The second-order valence-electron chi connectivity index (χ2n) is 8.53. The van der Waals surface area contributed by atoms with Gasteiger partial charge in [0.25, 0.3) is 5.91 Å². The van der Waals surface area contributed by atoms with Crippen molar-refractivity contribution in [3.05, 3.63) is 58.8 Å². The van der Waals surface area contributed by atoms with Crippen molar-refractivity contribution in [2.24, 2.45) is 0 Å². The molecule has 0 unspecified atom stereocenters. The van der Waals surface area contributed by atoms with Crippen LogP contribution >= 0.6 is 0 Å². The lowest BCUT2D eigenvalue weighted by Gasteiger charge is -2.30. The molecule has 1 aromatic carbocycles. The molecule has 166 valence electrons. The van der Waals surface area contributed by atoms with Crippen molar-refractivity contribution < 1.29 is 14.6 Å². The van der Waals surface area contributed by atoms with Gasteiger partial charge in [0.05, 0.1) is 6.10 Å². The molecular formula is C24H32N4O3. The number of β-amino-alcohol motifs (C(OH)–C–C–N with tert-alkyl or cyclic N) is 1. The quantitative estimate of drug-likeness (QED) is 0.631. The van der Waals surface area contributed by atoms with Crippen LogP contribution in [0.15, 0.2) is 36.5 Å². The highest BCUT2D eigenvalue weighted by molar-refractivity contribution is 5.96. The molecule has 2 aliphatic heterocycles. The number of anilines is 1. The fraction of sp³-hybridized carbons (Fsp3) is 0.500. The average molecular weight is 425 g/mol. The van der Waals surface area contributed by atoms with Gasteiger partial charge in [0.2, 0.25) is 0 Å². The van der Waals surface area contributed by atoms with Gasteiger partial charge in [-0.05, 0) is 48.9 Å². The Bertz CT molecular complexity index is 898. The lowest BCUT2D eigenvalue weighted by atomic mass is 10.00. The van der Waals surface area contributed by atoms with E-state index in [1.165, 1.54) is 11.1 Å². The second kappa shape index (κ2) is 10.2. The van der Waals surface area contributed by atoms with Crippen LogP contribution in [0.1, 0.15) is 39.9 Å². The second-order valence-corrected chi connectivity index (χ2v) is 8.53. The van der Waals surface area contributed by atoms with Crippen LogP contribution in [0.3, 0.4) is 0 Å². The van der Waals surface area contributed by atoms with E-state index in [-0.39, 0.29) is 12.5 Å². The number of fused-ring (bicyclic) bond motifs is 1. The molecule has 4 rings (SSSR count). The third-order valence-electron chi connectivity index (χ3n) is 6.10. The predicted octanol–water partition coefficient (Wildman–Crippen LogP) is 2.13. The number of aryl methyl sites for hydroxylation is 1. The van der Waals surface area contributed by atoms with Gasteiger partial charge in [0.15, 0.2) is 0 Å². The van der Waals surface area contributed by atoms with Crippen molar-refractivity contribution in [2.45, 2.75) is 44.9 Å². The minimum Gasteiger partial charge on any atom is -0.390 e. The lowest BCUT2D eigenvalue weighted by Crippen LogP contribution is -2.42. The monoisotopic (exact) mass is 424 g/mol. The number of hydrogen-bond acceptors (Lipinski definition) is 6. The fourth-order valence-electron chi connectivity index (χ4n) is 4.28. The van der Waals surface area contributed by atoms with E-state index in [4.69, 9.17) is 4.74 Å². The maximum atomic E-state index is 12.8. The Balaban J connectivity index is 1.28. The standard InChI is InChI=1S/C24H32N4O3/c1-17-13-25-23(27-20-7-10-31-11-8-20)12-22(17)24(30)26-14-21(29)16-28-9-6-18-4-2-3-5-19(18)15-28/h2-5,12-13,20-21,29H,6-11,14-16H2,1H3,(H,25,27)(H,26,30)/t21-/m0/s1. The minimum atomic E-state index is -0.615. The topological polar surface area (TPSA) is 86.7 Å². The molecule has 31 heavy (non-hydrogen) atoms. The molecule has 2 aliphatic rings. The van der Waals surface area contributed by atoms with Gasteiger partial charge in [-0.3, -0.25) is 9.69 Å². The molecule has 0 aliphatic carbocycles. The number of aliphatic hydroxyl groups excluding tert-OH is 1. The molecule has 0 saturated carbocycles. The molecule has 0 radical (unpaired) electrons. The van der Waals surface area contributed by atoms with Gasteiger partial charge < -0.3 is 20.5 Å². The Morgan fingerprint density at radius 2 is 2.06 bits per heavy atom. The summed E-state index contributed by atoms with van der Waals surface area (Å²) in [5.74, 6) is 0.521. The van der Waals surface area contributed by atoms with Crippen molar-refractivity contribution in [2.75, 3.05) is 38.2 Å². The van der Waals surface area contributed by atoms with Crippen LogP contribution in [-0.2, 0) is 17.7 Å². The molecule has 2 aromatic rings. The SMILES string of the molecule is Cc1cnc(NC2CCOCC2)cc1C(=O)NC[C@H](O)CN1CCc2ccccc2C1. The van der Waals surface area contributed by atoms with Crippen LogP contribution in [0, 0.1) is 6.92 Å². The van der Waals surface area contributed by atoms with Crippen LogP contribution in [0.4, 0.5) is 5.82 Å². The van der Waals surface area contributed by atoms with E-state index in [1.54, 1.807) is 12.3 Å². The smallest absolute Gasteiger partial charge is 0.251 e. The number of benzene rings is 1. The Morgan fingerprint density at radius 1 is 1.29 bits per heavy atom. The van der Waals surface area contributed by atoms with Crippen molar-refractivity contribution in [1.82, 2.24) is 15.2 Å². The normalized spacial score (nSPS) is 18.3. The molecule has 1 aromatic heterocycles. The van der Waals surface area contributed by atoms with E-state index >= 15 is 0 Å². The van der Waals surface area contributed by atoms with E-state index in [0.717, 1.165) is 51.1 Å². The van der Waals surface area contributed by atoms with E-state index in [1.807, 2.05) is 6.92 Å². The summed E-state index contributed by atoms with van der Waals surface area (Å²) in [5, 5.41) is 16.8. The number of amides is 1. The van der Waals surface area contributed by atoms with Crippen molar-refractivity contribution in [3.63, 3.8) is 0 Å². The zero-order valence-corrected chi connectivity index (χ0v) is 18.1. The lowest BCUT2D eigenvalue weighted by molar-refractivity contribution is 0.0841. The molecule has 0 bridgehead atoms. The van der Waals surface area contributed by atoms with Gasteiger partial charge in [0, 0.05) is 57.2 Å². The van der Waals surface area contributed by atoms with Crippen molar-refractivity contribution in [1.29, 1.82) is 0 Å². The minimum absolute atomic E-state index is 0.182. The number of carbonyl (C=O) groups excluding carboxylic acids is 1. The Hall–Kier alpha value is -2.48. The van der Waals surface area contributed by atoms with Crippen molar-refractivity contribution >= 4 is 11.7 Å². The van der Waals surface area contributed by atoms with E-state index in [0.29, 0.717) is 24.0 Å². The van der Waals surface area contributed by atoms with Gasteiger partial charge in [-0.15, -0.1) is 0 Å². The van der Waals surface area contributed by atoms with E-state index < -0.39 is 6.10 Å². The maximum Gasteiger partial charge on any atom is 0.251 e. The number of aromatic nitrogens is 1. The van der Waals surface area contributed by atoms with Crippen LogP contribution in [0.5, 0.6) is 0 Å². The van der Waals surface area contributed by atoms with Crippen molar-refractivity contribution in [3.8, 4) is 0 Å². The summed E-state index contributed by atoms with van der Waals surface area (Å²) in [7, 11) is 0. The number of nitrogens with zero attached hydrogens (tertiary/aromatic N) is 2. The number of pyridine rings is 1. The number of hydrogen-bond donors (Lipinski definition) is 3. The molecule has 7 heteroatoms. The molecule has 1 saturated heterocycles. The Labute approximate surface area is 183 Å². The van der Waals surface area contributed by atoms with Crippen LogP contribution in [0.25, 0.3) is 0 Å². The Morgan fingerprint density at radius 3 is 2.87 bits per heavy atom. The molecule has 0 spiro atoms. The molecular weight excluding hydrogens is 392 g/mol. The number of ether oxygens (including phenoxy) is 1. The molecule has 3 heterocycles. The Kier molecular flexibility index (Phi) is 7.17. The highest BCUT2D eigenvalue weighted by atomic mass is 16.5. The molecule has 1 amide bonds. The maximum absolute atomic E-state index is 12.8. The molecule has 3 N–H and O–H groups in total. The van der Waals surface area contributed by atoms with E-state index in [9.17, 15) is 9.90 Å². The van der Waals surface area contributed by atoms with Gasteiger partial charge in [-0.2, -0.15) is 0 Å². The summed E-state index contributed by atoms with van der Waals surface area (Å²) >= 11 is 0. The van der Waals surface area contributed by atoms with Gasteiger partial charge in [0.1, 0.15) is 5.82 Å². The third-order valence-corrected chi connectivity index (χ3v) is 6.10. The number of carbonyl (C=O) groups is 1. The summed E-state index contributed by atoms with van der Waals surface area (Å²) < 4.78 is 5.39. The van der Waals surface area contributed by atoms with Crippen LogP contribution in [-0.4, -0.2) is 65.9 Å². The first-order valence-electron chi connectivity index (χ1n) is 11.1. The van der Waals surface area contributed by atoms with E-state index in [2.05, 4.69) is 44.8 Å². The first-order chi connectivity index (χ1) is 15.1. The zero-order chi connectivity index (χ0) is 21.6. The first-order valence-corrected chi connectivity index (χ1v) is 11.1. The summed E-state index contributed by atoms with van der Waals surface area (Å²) in [4.78, 5) is 19.4. The molecule has 7 nitrogen and oxygen atoms in total. The zero-order valence-electron chi connectivity index (χ0n) is 18.1. The van der Waals surface area contributed by atoms with Gasteiger partial charge in [-0.1, -0.05) is 24.3 Å². The number of nitrogens with one attached hydrogen (secondary N) is 2. The summed E-state index contributed by atoms with van der Waals surface area (Å²) in [6.07, 6.45) is 3.97. The van der Waals surface area contributed by atoms with Crippen LogP contribution < -0.4 is 10.6 Å². The van der Waals surface area contributed by atoms with Gasteiger partial charge >= 0.3 is 0 Å². The predicted molar refractivity (Wildman–Crippen MR) is 120 cm³/mol.